The Kier molecular flexibility index (Phi) is 0.858. The molecule has 50 valence electrons. The molecule has 0 aliphatic rings. The van der Waals surface area contributed by atoms with Crippen molar-refractivity contribution in [3.05, 3.63) is 22.9 Å². The summed E-state index contributed by atoms with van der Waals surface area (Å²) in [4.78, 5) is 17.4. The fourth-order valence-electron chi connectivity index (χ4n) is 0.792. The molecule has 5 nitrogen and oxygen atoms in total. The van der Waals surface area contributed by atoms with Crippen LogP contribution in [0.4, 0.5) is 0 Å². The van der Waals surface area contributed by atoms with E-state index in [0.717, 1.165) is 0 Å². The van der Waals surface area contributed by atoms with Gasteiger partial charge in [0, 0.05) is 0 Å². The van der Waals surface area contributed by atoms with Gasteiger partial charge in [-0.15, -0.1) is 0 Å². The average molecular weight is 136 g/mol. The summed E-state index contributed by atoms with van der Waals surface area (Å²) in [6.07, 6.45) is 2.98. The smallest absolute Gasteiger partial charge is 0.292 e. The third kappa shape index (κ3) is 0.540. The maximum atomic E-state index is 10.8. The Bertz CT molecular complexity index is 401. The molecule has 0 spiro atoms. The summed E-state index contributed by atoms with van der Waals surface area (Å²) in [5.41, 5.74) is 0.789. The summed E-state index contributed by atoms with van der Waals surface area (Å²) in [5, 5.41) is 5.85. The number of fused-ring (bicyclic) bond motifs is 1. The van der Waals surface area contributed by atoms with Gasteiger partial charge in [0.1, 0.15) is 0 Å². The predicted molar refractivity (Wildman–Crippen MR) is 34.5 cm³/mol. The molecule has 10 heavy (non-hydrogen) atoms. The lowest BCUT2D eigenvalue weighted by Gasteiger charge is -1.81. The predicted octanol–water partition coefficient (Wildman–Crippen LogP) is -0.354. The molecular weight excluding hydrogens is 132 g/mol. The molecule has 0 unspecified atom stereocenters. The molecule has 2 rings (SSSR count). The van der Waals surface area contributed by atoms with Gasteiger partial charge in [0.25, 0.3) is 5.56 Å². The number of hydrogen-bond donors (Lipinski definition) is 2. The number of aromatic amines is 2. The maximum Gasteiger partial charge on any atom is 0.292 e. The van der Waals surface area contributed by atoms with Crippen LogP contribution in [-0.2, 0) is 0 Å². The largest absolute Gasteiger partial charge is 0.343 e. The molecule has 0 aliphatic heterocycles. The first-order chi connectivity index (χ1) is 4.88. The fraction of sp³-hybridized carbons (Fsp3) is 0. The highest BCUT2D eigenvalue weighted by atomic mass is 16.1. The Morgan fingerprint density at radius 2 is 2.40 bits per heavy atom. The molecule has 0 amide bonds. The maximum absolute atomic E-state index is 10.8. The van der Waals surface area contributed by atoms with Crippen LogP contribution in [0.25, 0.3) is 11.0 Å². The van der Waals surface area contributed by atoms with Gasteiger partial charge in [-0.25, -0.2) is 10.1 Å². The van der Waals surface area contributed by atoms with Crippen molar-refractivity contribution in [3.8, 4) is 0 Å². The zero-order chi connectivity index (χ0) is 6.97. The molecule has 2 aromatic rings. The van der Waals surface area contributed by atoms with E-state index in [0.29, 0.717) is 11.0 Å². The number of nitrogens with zero attached hydrogens (tertiary/aromatic N) is 2. The third-order valence-electron chi connectivity index (χ3n) is 1.24. The summed E-state index contributed by atoms with van der Waals surface area (Å²) >= 11 is 0. The molecular formula is C5H4N4O. The number of rotatable bonds is 0. The summed E-state index contributed by atoms with van der Waals surface area (Å²) < 4.78 is 0. The van der Waals surface area contributed by atoms with Crippen LogP contribution >= 0.6 is 0 Å². The van der Waals surface area contributed by atoms with Crippen LogP contribution in [0.3, 0.4) is 0 Å². The van der Waals surface area contributed by atoms with Gasteiger partial charge in [-0.3, -0.25) is 4.79 Å². The van der Waals surface area contributed by atoms with Crippen molar-refractivity contribution in [1.29, 1.82) is 0 Å². The van der Waals surface area contributed by atoms with Gasteiger partial charge in [-0.05, 0) is 0 Å². The van der Waals surface area contributed by atoms with Crippen LogP contribution < -0.4 is 5.56 Å². The van der Waals surface area contributed by atoms with Crippen LogP contribution in [0.15, 0.2) is 17.3 Å². The number of aromatic nitrogens is 4. The van der Waals surface area contributed by atoms with Crippen molar-refractivity contribution >= 4 is 11.0 Å². The van der Waals surface area contributed by atoms with Crippen LogP contribution in [0, 0.1) is 0 Å². The summed E-state index contributed by atoms with van der Waals surface area (Å²) in [7, 11) is 0. The fourth-order valence-corrected chi connectivity index (χ4v) is 0.792. The molecule has 0 aliphatic carbocycles. The van der Waals surface area contributed by atoms with Crippen LogP contribution in [0.5, 0.6) is 0 Å². The molecule has 0 bridgehead atoms. The first kappa shape index (κ1) is 5.16. The lowest BCUT2D eigenvalue weighted by atomic mass is 10.5. The van der Waals surface area contributed by atoms with Gasteiger partial charge in [0.15, 0.2) is 5.52 Å². The molecule has 0 fully saturated rings. The summed E-state index contributed by atoms with van der Waals surface area (Å²) in [6.45, 7) is 0. The minimum absolute atomic E-state index is 0.265. The van der Waals surface area contributed by atoms with E-state index in [4.69, 9.17) is 0 Å². The Balaban J connectivity index is 3.09. The first-order valence-corrected chi connectivity index (χ1v) is 2.75. The molecule has 0 aromatic carbocycles. The van der Waals surface area contributed by atoms with Crippen LogP contribution in [0.1, 0.15) is 0 Å². The molecule has 0 saturated carbocycles. The van der Waals surface area contributed by atoms with Gasteiger partial charge in [-0.1, -0.05) is 0 Å². The van der Waals surface area contributed by atoms with Crippen molar-refractivity contribution in [3.63, 3.8) is 0 Å². The normalized spacial score (nSPS) is 10.4. The lowest BCUT2D eigenvalue weighted by Crippen LogP contribution is -2.06. The standard InChI is InChI=1S/C5H4N4O/c10-5-4-3(1-8-9-5)6-2-7-4/h1-2H,(H,6,7)(H,9,10). The Morgan fingerprint density at radius 3 is 3.20 bits per heavy atom. The second-order valence-electron chi connectivity index (χ2n) is 1.86. The highest BCUT2D eigenvalue weighted by molar-refractivity contribution is 5.71. The van der Waals surface area contributed by atoms with Crippen molar-refractivity contribution in [1.82, 2.24) is 20.2 Å². The average Bonchev–Trinajstić information content (AvgIpc) is 2.36. The van der Waals surface area contributed by atoms with Crippen molar-refractivity contribution in [2.24, 2.45) is 0 Å². The van der Waals surface area contributed by atoms with Crippen LogP contribution in [0.2, 0.25) is 0 Å². The van der Waals surface area contributed by atoms with Gasteiger partial charge < -0.3 is 4.98 Å². The highest BCUT2D eigenvalue weighted by Crippen LogP contribution is 1.96. The number of nitrogens with one attached hydrogen (secondary N) is 2. The number of hydrogen-bond acceptors (Lipinski definition) is 3. The lowest BCUT2D eigenvalue weighted by molar-refractivity contribution is 1.01. The van der Waals surface area contributed by atoms with E-state index in [1.807, 2.05) is 0 Å². The Labute approximate surface area is 55.1 Å². The van der Waals surface area contributed by atoms with Gasteiger partial charge in [0.05, 0.1) is 18.0 Å². The first-order valence-electron chi connectivity index (χ1n) is 2.75. The van der Waals surface area contributed by atoms with E-state index in [1.165, 1.54) is 12.5 Å². The van der Waals surface area contributed by atoms with E-state index < -0.39 is 0 Å². The molecule has 0 radical (unpaired) electrons. The third-order valence-corrected chi connectivity index (χ3v) is 1.24. The van der Waals surface area contributed by atoms with Gasteiger partial charge in [0.2, 0.25) is 0 Å². The van der Waals surface area contributed by atoms with E-state index >= 15 is 0 Å². The molecule has 2 aromatic heterocycles. The Hall–Kier alpha value is -1.65. The number of H-pyrrole nitrogens is 2. The van der Waals surface area contributed by atoms with E-state index in [1.54, 1.807) is 0 Å². The molecule has 0 atom stereocenters. The van der Waals surface area contributed by atoms with Crippen molar-refractivity contribution < 1.29 is 0 Å². The molecule has 2 heterocycles. The summed E-state index contributed by atoms with van der Waals surface area (Å²) in [5.74, 6) is 0. The molecule has 2 N–H and O–H groups in total. The highest BCUT2D eigenvalue weighted by Gasteiger charge is 1.97. The van der Waals surface area contributed by atoms with E-state index in [-0.39, 0.29) is 5.56 Å². The second kappa shape index (κ2) is 1.66. The second-order valence-corrected chi connectivity index (χ2v) is 1.86. The zero-order valence-corrected chi connectivity index (χ0v) is 4.96. The van der Waals surface area contributed by atoms with Crippen molar-refractivity contribution in [2.45, 2.75) is 0 Å². The summed E-state index contributed by atoms with van der Waals surface area (Å²) in [6, 6.07) is 0. The van der Waals surface area contributed by atoms with Gasteiger partial charge in [-0.2, -0.15) is 5.10 Å². The minimum Gasteiger partial charge on any atom is -0.343 e. The van der Waals surface area contributed by atoms with Crippen LogP contribution in [-0.4, -0.2) is 20.2 Å². The quantitative estimate of drug-likeness (QED) is 0.519. The SMILES string of the molecule is O=c1[nH]ncc2[nH]cnc12. The van der Waals surface area contributed by atoms with E-state index in [9.17, 15) is 4.79 Å². The Morgan fingerprint density at radius 1 is 1.50 bits per heavy atom. The molecule has 5 heteroatoms. The zero-order valence-electron chi connectivity index (χ0n) is 4.96. The minimum atomic E-state index is -0.265. The van der Waals surface area contributed by atoms with Gasteiger partial charge >= 0.3 is 0 Å². The topological polar surface area (TPSA) is 74.4 Å². The van der Waals surface area contributed by atoms with Crippen molar-refractivity contribution in [2.75, 3.05) is 0 Å². The molecule has 0 saturated heterocycles. The number of imidazole rings is 1. The monoisotopic (exact) mass is 136 g/mol. The van der Waals surface area contributed by atoms with E-state index in [2.05, 4.69) is 20.2 Å².